The standard InChI is InChI=1S/C21H18N4O5S/c26-20(23-15-6-9-18-19(12-15)25-21(27)24-18)10-5-14-3-7-17(8-4-14)31(28,29)22-13-16-2-1-11-30-16/h1-12,22H,13H2,(H,23,26)(H2,24,25,27)/b10-5+. The van der Waals surface area contributed by atoms with Crippen molar-refractivity contribution >= 4 is 38.7 Å². The molecule has 9 nitrogen and oxygen atoms in total. The van der Waals surface area contributed by atoms with Crippen LogP contribution < -0.4 is 15.7 Å². The van der Waals surface area contributed by atoms with Crippen LogP contribution in [0.15, 0.2) is 81.0 Å². The maximum atomic E-state index is 12.3. The van der Waals surface area contributed by atoms with Crippen molar-refractivity contribution in [1.82, 2.24) is 14.7 Å². The molecule has 2 heterocycles. The van der Waals surface area contributed by atoms with Crippen LogP contribution >= 0.6 is 0 Å². The summed E-state index contributed by atoms with van der Waals surface area (Å²) in [4.78, 5) is 28.8. The highest BCUT2D eigenvalue weighted by molar-refractivity contribution is 7.89. The van der Waals surface area contributed by atoms with Gasteiger partial charge in [-0.15, -0.1) is 0 Å². The zero-order valence-corrected chi connectivity index (χ0v) is 16.9. The van der Waals surface area contributed by atoms with Gasteiger partial charge >= 0.3 is 5.69 Å². The van der Waals surface area contributed by atoms with Crippen LogP contribution in [0, 0.1) is 0 Å². The molecule has 0 saturated carbocycles. The Hall–Kier alpha value is -3.89. The van der Waals surface area contributed by atoms with Crippen molar-refractivity contribution in [2.24, 2.45) is 0 Å². The number of rotatable bonds is 7. The number of carbonyl (C=O) groups is 1. The molecule has 10 heteroatoms. The second kappa shape index (κ2) is 8.46. The lowest BCUT2D eigenvalue weighted by atomic mass is 10.2. The van der Waals surface area contributed by atoms with E-state index in [0.717, 1.165) is 0 Å². The Morgan fingerprint density at radius 3 is 2.55 bits per heavy atom. The van der Waals surface area contributed by atoms with Gasteiger partial charge in [-0.05, 0) is 54.1 Å². The van der Waals surface area contributed by atoms with Crippen LogP contribution in [0.3, 0.4) is 0 Å². The molecule has 158 valence electrons. The van der Waals surface area contributed by atoms with Crippen molar-refractivity contribution in [1.29, 1.82) is 0 Å². The summed E-state index contributed by atoms with van der Waals surface area (Å²) in [6.45, 7) is 0.0552. The minimum Gasteiger partial charge on any atom is -0.468 e. The van der Waals surface area contributed by atoms with E-state index >= 15 is 0 Å². The number of furan rings is 1. The number of carbonyl (C=O) groups excluding carboxylic acids is 1. The molecule has 0 aliphatic heterocycles. The molecule has 0 fully saturated rings. The maximum Gasteiger partial charge on any atom is 0.323 e. The molecule has 0 unspecified atom stereocenters. The van der Waals surface area contributed by atoms with Gasteiger partial charge < -0.3 is 19.7 Å². The summed E-state index contributed by atoms with van der Waals surface area (Å²) in [6, 6.07) is 14.5. The molecule has 0 radical (unpaired) electrons. The van der Waals surface area contributed by atoms with Gasteiger partial charge in [-0.2, -0.15) is 0 Å². The molecular weight excluding hydrogens is 420 g/mol. The van der Waals surface area contributed by atoms with E-state index in [9.17, 15) is 18.0 Å². The van der Waals surface area contributed by atoms with Crippen molar-refractivity contribution in [3.63, 3.8) is 0 Å². The Morgan fingerprint density at radius 2 is 1.81 bits per heavy atom. The maximum absolute atomic E-state index is 12.3. The number of hydrogen-bond acceptors (Lipinski definition) is 5. The molecule has 0 aliphatic carbocycles. The molecule has 2 aromatic heterocycles. The van der Waals surface area contributed by atoms with Gasteiger partial charge in [0.2, 0.25) is 15.9 Å². The lowest BCUT2D eigenvalue weighted by Crippen LogP contribution is -2.22. The smallest absolute Gasteiger partial charge is 0.323 e. The monoisotopic (exact) mass is 438 g/mol. The van der Waals surface area contributed by atoms with Crippen LogP contribution in [0.25, 0.3) is 17.1 Å². The molecule has 0 spiro atoms. The first kappa shape index (κ1) is 20.4. The Morgan fingerprint density at radius 1 is 1.03 bits per heavy atom. The average molecular weight is 438 g/mol. The Balaban J connectivity index is 1.38. The third kappa shape index (κ3) is 5.00. The highest BCUT2D eigenvalue weighted by atomic mass is 32.2. The van der Waals surface area contributed by atoms with Gasteiger partial charge in [-0.25, -0.2) is 17.9 Å². The highest BCUT2D eigenvalue weighted by Crippen LogP contribution is 2.15. The summed E-state index contributed by atoms with van der Waals surface area (Å²) in [5.41, 5.74) is 2.10. The van der Waals surface area contributed by atoms with E-state index in [2.05, 4.69) is 20.0 Å². The normalized spacial score (nSPS) is 11.9. The van der Waals surface area contributed by atoms with Crippen molar-refractivity contribution in [3.8, 4) is 0 Å². The summed E-state index contributed by atoms with van der Waals surface area (Å²) in [5, 5.41) is 2.70. The molecule has 0 bridgehead atoms. The minimum atomic E-state index is -3.68. The van der Waals surface area contributed by atoms with Crippen LogP contribution in [0.1, 0.15) is 11.3 Å². The number of imidazole rings is 1. The topological polar surface area (TPSA) is 137 Å². The van der Waals surface area contributed by atoms with E-state index in [1.54, 1.807) is 48.5 Å². The van der Waals surface area contributed by atoms with Gasteiger partial charge in [0.15, 0.2) is 0 Å². The lowest BCUT2D eigenvalue weighted by molar-refractivity contribution is -0.111. The number of sulfonamides is 1. The van der Waals surface area contributed by atoms with E-state index in [4.69, 9.17) is 4.42 Å². The summed E-state index contributed by atoms with van der Waals surface area (Å²) in [7, 11) is -3.68. The Labute approximate surface area is 176 Å². The fourth-order valence-electron chi connectivity index (χ4n) is 2.89. The van der Waals surface area contributed by atoms with Crippen molar-refractivity contribution in [3.05, 3.63) is 88.7 Å². The molecule has 0 atom stereocenters. The molecule has 31 heavy (non-hydrogen) atoms. The average Bonchev–Trinajstić information content (AvgIpc) is 3.39. The van der Waals surface area contributed by atoms with Crippen molar-refractivity contribution < 1.29 is 17.6 Å². The van der Waals surface area contributed by atoms with E-state index in [0.29, 0.717) is 28.0 Å². The minimum absolute atomic E-state index is 0.0552. The highest BCUT2D eigenvalue weighted by Gasteiger charge is 2.14. The van der Waals surface area contributed by atoms with Crippen LogP contribution in [-0.4, -0.2) is 24.3 Å². The molecule has 4 aromatic rings. The predicted octanol–water partition coefficient (Wildman–Crippen LogP) is 2.58. The van der Waals surface area contributed by atoms with Gasteiger partial charge in [-0.1, -0.05) is 12.1 Å². The third-order valence-corrected chi connectivity index (χ3v) is 5.83. The van der Waals surface area contributed by atoms with E-state index in [1.165, 1.54) is 24.5 Å². The molecule has 2 aromatic carbocycles. The molecular formula is C21H18N4O5S. The molecule has 4 N–H and O–H groups in total. The first-order valence-electron chi connectivity index (χ1n) is 9.22. The van der Waals surface area contributed by atoms with Gasteiger partial charge in [-0.3, -0.25) is 4.79 Å². The van der Waals surface area contributed by atoms with Gasteiger partial charge in [0.1, 0.15) is 5.76 Å². The van der Waals surface area contributed by atoms with Crippen molar-refractivity contribution in [2.45, 2.75) is 11.4 Å². The first-order chi connectivity index (χ1) is 14.9. The summed E-state index contributed by atoms with van der Waals surface area (Å²) in [5.74, 6) is 0.144. The fourth-order valence-corrected chi connectivity index (χ4v) is 3.88. The molecule has 0 aliphatic rings. The Bertz CT molecular complexity index is 1400. The zero-order chi connectivity index (χ0) is 21.8. The summed E-state index contributed by atoms with van der Waals surface area (Å²) in [6.07, 6.45) is 4.38. The van der Waals surface area contributed by atoms with Crippen LogP contribution in [-0.2, 0) is 21.4 Å². The number of amides is 1. The first-order valence-corrected chi connectivity index (χ1v) is 10.7. The van der Waals surface area contributed by atoms with Crippen LogP contribution in [0.2, 0.25) is 0 Å². The number of aromatic amines is 2. The third-order valence-electron chi connectivity index (χ3n) is 4.42. The Kier molecular flexibility index (Phi) is 5.56. The predicted molar refractivity (Wildman–Crippen MR) is 116 cm³/mol. The van der Waals surface area contributed by atoms with Gasteiger partial charge in [0, 0.05) is 11.8 Å². The summed E-state index contributed by atoms with van der Waals surface area (Å²) >= 11 is 0. The van der Waals surface area contributed by atoms with E-state index < -0.39 is 10.0 Å². The number of hydrogen-bond donors (Lipinski definition) is 4. The molecule has 4 rings (SSSR count). The van der Waals surface area contributed by atoms with Crippen molar-refractivity contribution in [2.75, 3.05) is 5.32 Å². The number of nitrogens with one attached hydrogen (secondary N) is 4. The second-order valence-electron chi connectivity index (χ2n) is 6.64. The molecule has 1 amide bonds. The zero-order valence-electron chi connectivity index (χ0n) is 16.1. The fraction of sp³-hybridized carbons (Fsp3) is 0.0476. The quantitative estimate of drug-likeness (QED) is 0.329. The second-order valence-corrected chi connectivity index (χ2v) is 8.40. The van der Waals surface area contributed by atoms with Gasteiger partial charge in [0.25, 0.3) is 0 Å². The SMILES string of the molecule is O=C(/C=C/c1ccc(S(=O)(=O)NCc2ccco2)cc1)Nc1ccc2[nH]c(=O)[nH]c2c1. The summed E-state index contributed by atoms with van der Waals surface area (Å²) < 4.78 is 32.3. The number of aromatic nitrogens is 2. The molecule has 0 saturated heterocycles. The van der Waals surface area contributed by atoms with E-state index in [1.807, 2.05) is 0 Å². The number of fused-ring (bicyclic) bond motifs is 1. The largest absolute Gasteiger partial charge is 0.468 e. The number of anilines is 1. The number of H-pyrrole nitrogens is 2. The van der Waals surface area contributed by atoms with Gasteiger partial charge in [0.05, 0.1) is 28.7 Å². The van der Waals surface area contributed by atoms with Crippen LogP contribution in [0.4, 0.5) is 5.69 Å². The van der Waals surface area contributed by atoms with E-state index in [-0.39, 0.29) is 23.0 Å². The number of benzene rings is 2. The van der Waals surface area contributed by atoms with Crippen LogP contribution in [0.5, 0.6) is 0 Å². The lowest BCUT2D eigenvalue weighted by Gasteiger charge is -2.06.